The van der Waals surface area contributed by atoms with Crippen LogP contribution in [0, 0.1) is 6.92 Å². The van der Waals surface area contributed by atoms with Gasteiger partial charge in [-0.25, -0.2) is 0 Å². The van der Waals surface area contributed by atoms with E-state index in [1.165, 1.54) is 5.69 Å². The van der Waals surface area contributed by atoms with Crippen molar-refractivity contribution in [1.29, 1.82) is 0 Å². The summed E-state index contributed by atoms with van der Waals surface area (Å²) in [5.41, 5.74) is 2.45. The van der Waals surface area contributed by atoms with Crippen molar-refractivity contribution in [3.63, 3.8) is 0 Å². The summed E-state index contributed by atoms with van der Waals surface area (Å²) in [7, 11) is 0. The summed E-state index contributed by atoms with van der Waals surface area (Å²) in [5, 5.41) is 4.35. The van der Waals surface area contributed by atoms with E-state index < -0.39 is 0 Å². The average Bonchev–Trinajstić information content (AvgIpc) is 2.22. The fourth-order valence-electron chi connectivity index (χ4n) is 2.23. The largest absolute Gasteiger partial charge is 0.367 e. The minimum absolute atomic E-state index is 0.148. The highest BCUT2D eigenvalue weighted by atomic mass is 79.9. The minimum atomic E-state index is 0.148. The van der Waals surface area contributed by atoms with Crippen LogP contribution in [0.1, 0.15) is 19.4 Å². The first-order valence-electron chi connectivity index (χ1n) is 5.85. The van der Waals surface area contributed by atoms with Gasteiger partial charge in [-0.15, -0.1) is 0 Å². The van der Waals surface area contributed by atoms with Crippen LogP contribution in [0.3, 0.4) is 0 Å². The van der Waals surface area contributed by atoms with Crippen molar-refractivity contribution in [3.8, 4) is 0 Å². The van der Waals surface area contributed by atoms with E-state index in [1.807, 2.05) is 6.92 Å². The summed E-state index contributed by atoms with van der Waals surface area (Å²) < 4.78 is 1.12. The lowest BCUT2D eigenvalue weighted by atomic mass is 10.0. The molecule has 94 valence electrons. The molecule has 1 heterocycles. The summed E-state index contributed by atoms with van der Waals surface area (Å²) >= 11 is 9.85. The predicted molar refractivity (Wildman–Crippen MR) is 78.2 cm³/mol. The fourth-order valence-corrected chi connectivity index (χ4v) is 3.09. The maximum atomic E-state index is 6.21. The van der Waals surface area contributed by atoms with Crippen LogP contribution < -0.4 is 10.2 Å². The van der Waals surface area contributed by atoms with Crippen molar-refractivity contribution in [3.05, 3.63) is 27.2 Å². The zero-order chi connectivity index (χ0) is 12.6. The van der Waals surface area contributed by atoms with E-state index in [0.29, 0.717) is 0 Å². The molecule has 4 heteroatoms. The van der Waals surface area contributed by atoms with Crippen LogP contribution in [0.2, 0.25) is 5.02 Å². The fraction of sp³-hybridized carbons (Fsp3) is 0.538. The number of nitrogens with one attached hydrogen (secondary N) is 1. The number of halogens is 2. The standard InChI is InChI=1S/C13H18BrClN2/c1-9-6-10(14)12(7-11(9)15)17-5-4-16-13(2,3)8-17/h6-7,16H,4-5,8H2,1-3H3. The van der Waals surface area contributed by atoms with Crippen LogP contribution in [-0.2, 0) is 0 Å². The quantitative estimate of drug-likeness (QED) is 0.851. The molecule has 1 saturated heterocycles. The molecular weight excluding hydrogens is 300 g/mol. The van der Waals surface area contributed by atoms with E-state index in [0.717, 1.165) is 34.7 Å². The van der Waals surface area contributed by atoms with Crippen LogP contribution in [0.4, 0.5) is 5.69 Å². The molecule has 1 aromatic rings. The van der Waals surface area contributed by atoms with Gasteiger partial charge in [0.25, 0.3) is 0 Å². The van der Waals surface area contributed by atoms with Gasteiger partial charge in [0, 0.05) is 34.7 Å². The van der Waals surface area contributed by atoms with Crippen molar-refractivity contribution in [2.24, 2.45) is 0 Å². The van der Waals surface area contributed by atoms with Gasteiger partial charge in [-0.05, 0) is 54.4 Å². The monoisotopic (exact) mass is 316 g/mol. The highest BCUT2D eigenvalue weighted by Crippen LogP contribution is 2.33. The third-order valence-electron chi connectivity index (χ3n) is 3.14. The van der Waals surface area contributed by atoms with Crippen LogP contribution in [0.25, 0.3) is 0 Å². The van der Waals surface area contributed by atoms with Gasteiger partial charge in [0.05, 0.1) is 5.69 Å². The number of hydrogen-bond acceptors (Lipinski definition) is 2. The molecule has 1 aromatic carbocycles. The maximum Gasteiger partial charge on any atom is 0.0526 e. The molecule has 1 aliphatic rings. The Morgan fingerprint density at radius 3 is 2.76 bits per heavy atom. The molecule has 1 fully saturated rings. The lowest BCUT2D eigenvalue weighted by Crippen LogP contribution is -2.57. The third kappa shape index (κ3) is 2.95. The molecule has 17 heavy (non-hydrogen) atoms. The van der Waals surface area contributed by atoms with Gasteiger partial charge < -0.3 is 10.2 Å². The van der Waals surface area contributed by atoms with Crippen LogP contribution in [0.5, 0.6) is 0 Å². The molecule has 2 nitrogen and oxygen atoms in total. The molecule has 0 spiro atoms. The highest BCUT2D eigenvalue weighted by molar-refractivity contribution is 9.10. The second kappa shape index (κ2) is 4.79. The van der Waals surface area contributed by atoms with E-state index in [-0.39, 0.29) is 5.54 Å². The Balaban J connectivity index is 2.31. The molecule has 1 N–H and O–H groups in total. The zero-order valence-corrected chi connectivity index (χ0v) is 12.8. The van der Waals surface area contributed by atoms with Gasteiger partial charge in [0.2, 0.25) is 0 Å². The summed E-state index contributed by atoms with van der Waals surface area (Å²) in [6.07, 6.45) is 0. The number of benzene rings is 1. The van der Waals surface area contributed by atoms with E-state index >= 15 is 0 Å². The molecule has 0 aliphatic carbocycles. The third-order valence-corrected chi connectivity index (χ3v) is 4.18. The lowest BCUT2D eigenvalue weighted by molar-refractivity contribution is 0.353. The Labute approximate surface area is 116 Å². The second-order valence-electron chi connectivity index (χ2n) is 5.29. The molecular formula is C13H18BrClN2. The summed E-state index contributed by atoms with van der Waals surface area (Å²) in [6, 6.07) is 4.15. The molecule has 2 rings (SSSR count). The van der Waals surface area contributed by atoms with Crippen LogP contribution in [-0.4, -0.2) is 25.2 Å². The second-order valence-corrected chi connectivity index (χ2v) is 6.55. The highest BCUT2D eigenvalue weighted by Gasteiger charge is 2.26. The zero-order valence-electron chi connectivity index (χ0n) is 10.5. The Bertz CT molecular complexity index is 432. The normalized spacial score (nSPS) is 19.5. The minimum Gasteiger partial charge on any atom is -0.367 e. The Morgan fingerprint density at radius 1 is 1.41 bits per heavy atom. The van der Waals surface area contributed by atoms with Crippen molar-refractivity contribution in [1.82, 2.24) is 5.32 Å². The number of rotatable bonds is 1. The van der Waals surface area contributed by atoms with Crippen molar-refractivity contribution >= 4 is 33.2 Å². The molecule has 1 aliphatic heterocycles. The molecule has 0 unspecified atom stereocenters. The molecule has 0 aromatic heterocycles. The van der Waals surface area contributed by atoms with Gasteiger partial charge in [-0.3, -0.25) is 0 Å². The number of nitrogens with zero attached hydrogens (tertiary/aromatic N) is 1. The average molecular weight is 318 g/mol. The Morgan fingerprint density at radius 2 is 2.12 bits per heavy atom. The molecule has 0 saturated carbocycles. The van der Waals surface area contributed by atoms with Gasteiger partial charge in [0.15, 0.2) is 0 Å². The molecule has 0 bridgehead atoms. The van der Waals surface area contributed by atoms with Gasteiger partial charge in [-0.2, -0.15) is 0 Å². The molecule has 0 atom stereocenters. The van der Waals surface area contributed by atoms with Crippen LogP contribution in [0.15, 0.2) is 16.6 Å². The summed E-state index contributed by atoms with van der Waals surface area (Å²) in [6.45, 7) is 9.49. The SMILES string of the molecule is Cc1cc(Br)c(N2CCNC(C)(C)C2)cc1Cl. The Hall–Kier alpha value is -0.250. The first-order chi connectivity index (χ1) is 7.89. The topological polar surface area (TPSA) is 15.3 Å². The maximum absolute atomic E-state index is 6.21. The summed E-state index contributed by atoms with van der Waals surface area (Å²) in [4.78, 5) is 2.38. The van der Waals surface area contributed by atoms with Crippen LogP contribution >= 0.6 is 27.5 Å². The Kier molecular flexibility index (Phi) is 3.71. The van der Waals surface area contributed by atoms with Gasteiger partial charge >= 0.3 is 0 Å². The molecule has 0 radical (unpaired) electrons. The first-order valence-corrected chi connectivity index (χ1v) is 7.02. The number of piperazine rings is 1. The number of aryl methyl sites for hydroxylation is 1. The predicted octanol–water partition coefficient (Wildman–Crippen LogP) is 3.60. The lowest BCUT2D eigenvalue weighted by Gasteiger charge is -2.40. The van der Waals surface area contributed by atoms with E-state index in [1.54, 1.807) is 0 Å². The van der Waals surface area contributed by atoms with Gasteiger partial charge in [0.1, 0.15) is 0 Å². The van der Waals surface area contributed by atoms with E-state index in [9.17, 15) is 0 Å². The first kappa shape index (κ1) is 13.2. The van der Waals surface area contributed by atoms with E-state index in [4.69, 9.17) is 11.6 Å². The van der Waals surface area contributed by atoms with Crippen molar-refractivity contribution < 1.29 is 0 Å². The smallest absolute Gasteiger partial charge is 0.0526 e. The van der Waals surface area contributed by atoms with Crippen molar-refractivity contribution in [2.45, 2.75) is 26.3 Å². The summed E-state index contributed by atoms with van der Waals surface area (Å²) in [5.74, 6) is 0. The molecule has 0 amide bonds. The number of anilines is 1. The number of hydrogen-bond donors (Lipinski definition) is 1. The van der Waals surface area contributed by atoms with Crippen molar-refractivity contribution in [2.75, 3.05) is 24.5 Å². The van der Waals surface area contributed by atoms with Gasteiger partial charge in [-0.1, -0.05) is 11.6 Å². The van der Waals surface area contributed by atoms with E-state index in [2.05, 4.69) is 52.1 Å².